The van der Waals surface area contributed by atoms with Gasteiger partial charge in [0.2, 0.25) is 0 Å². The summed E-state index contributed by atoms with van der Waals surface area (Å²) in [6, 6.07) is 21.2. The molecule has 3 aromatic carbocycles. The molecule has 0 spiro atoms. The molecule has 2 unspecified atom stereocenters. The van der Waals surface area contributed by atoms with E-state index in [9.17, 15) is 9.59 Å². The van der Waals surface area contributed by atoms with E-state index in [-0.39, 0.29) is 23.7 Å². The minimum atomic E-state index is -0.153. The third kappa shape index (κ3) is 5.36. The summed E-state index contributed by atoms with van der Waals surface area (Å²) in [6.07, 6.45) is 4.06. The highest BCUT2D eigenvalue weighted by atomic mass is 16.5. The Hall–Kier alpha value is -4.11. The summed E-state index contributed by atoms with van der Waals surface area (Å²) in [7, 11) is 3.24. The summed E-state index contributed by atoms with van der Waals surface area (Å²) >= 11 is 0. The number of hydrogen-bond acceptors (Lipinski definition) is 5. The zero-order chi connectivity index (χ0) is 24.8. The SMILES string of the molecule is COc1ccc(C2CCCCC2NC(=O)c2ccc(C(=O)c3ccc(C#N)cc3)cc2)cc1OC. The number of rotatable bonds is 7. The molecule has 1 fully saturated rings. The Kier molecular flexibility index (Phi) is 7.47. The predicted molar refractivity (Wildman–Crippen MR) is 133 cm³/mol. The van der Waals surface area contributed by atoms with Crippen LogP contribution in [-0.2, 0) is 0 Å². The topological polar surface area (TPSA) is 88.4 Å². The van der Waals surface area contributed by atoms with Gasteiger partial charge in [0, 0.05) is 28.7 Å². The van der Waals surface area contributed by atoms with Crippen molar-refractivity contribution in [2.75, 3.05) is 14.2 Å². The molecule has 0 bridgehead atoms. The van der Waals surface area contributed by atoms with Gasteiger partial charge in [-0.1, -0.05) is 31.0 Å². The van der Waals surface area contributed by atoms with E-state index in [0.717, 1.165) is 31.2 Å². The number of ether oxygens (including phenoxy) is 2. The second-order valence-electron chi connectivity index (χ2n) is 8.68. The van der Waals surface area contributed by atoms with Gasteiger partial charge in [-0.15, -0.1) is 0 Å². The van der Waals surface area contributed by atoms with Crippen molar-refractivity contribution in [3.05, 3.63) is 94.5 Å². The maximum absolute atomic E-state index is 13.1. The molecule has 1 amide bonds. The van der Waals surface area contributed by atoms with Crippen LogP contribution in [0, 0.1) is 11.3 Å². The fraction of sp³-hybridized carbons (Fsp3) is 0.276. The number of methoxy groups -OCH3 is 2. The van der Waals surface area contributed by atoms with Crippen LogP contribution in [0.1, 0.15) is 69.0 Å². The Labute approximate surface area is 205 Å². The van der Waals surface area contributed by atoms with Crippen molar-refractivity contribution >= 4 is 11.7 Å². The van der Waals surface area contributed by atoms with Gasteiger partial charge in [0.1, 0.15) is 0 Å². The van der Waals surface area contributed by atoms with Gasteiger partial charge in [-0.25, -0.2) is 0 Å². The van der Waals surface area contributed by atoms with Crippen LogP contribution in [0.5, 0.6) is 11.5 Å². The number of nitrogens with zero attached hydrogens (tertiary/aromatic N) is 1. The van der Waals surface area contributed by atoms with Gasteiger partial charge >= 0.3 is 0 Å². The molecule has 1 saturated carbocycles. The van der Waals surface area contributed by atoms with Gasteiger partial charge in [-0.3, -0.25) is 9.59 Å². The lowest BCUT2D eigenvalue weighted by atomic mass is 9.79. The van der Waals surface area contributed by atoms with Gasteiger partial charge in [-0.05, 0) is 66.9 Å². The molecule has 2 atom stereocenters. The van der Waals surface area contributed by atoms with Crippen LogP contribution in [0.3, 0.4) is 0 Å². The van der Waals surface area contributed by atoms with E-state index in [1.54, 1.807) is 62.8 Å². The highest BCUT2D eigenvalue weighted by Gasteiger charge is 2.29. The van der Waals surface area contributed by atoms with Crippen molar-refractivity contribution in [3.8, 4) is 17.6 Å². The summed E-state index contributed by atoms with van der Waals surface area (Å²) in [6.45, 7) is 0. The van der Waals surface area contributed by atoms with Crippen LogP contribution in [0.4, 0.5) is 0 Å². The summed E-state index contributed by atoms with van der Waals surface area (Å²) in [4.78, 5) is 25.8. The van der Waals surface area contributed by atoms with E-state index < -0.39 is 0 Å². The molecule has 1 aliphatic rings. The van der Waals surface area contributed by atoms with Crippen molar-refractivity contribution in [2.24, 2.45) is 0 Å². The number of amides is 1. The van der Waals surface area contributed by atoms with E-state index in [4.69, 9.17) is 14.7 Å². The highest BCUT2D eigenvalue weighted by molar-refractivity contribution is 6.09. The Morgan fingerprint density at radius 2 is 1.43 bits per heavy atom. The zero-order valence-electron chi connectivity index (χ0n) is 19.9. The minimum Gasteiger partial charge on any atom is -0.493 e. The normalized spacial score (nSPS) is 17.2. The predicted octanol–water partition coefficient (Wildman–Crippen LogP) is 5.26. The van der Waals surface area contributed by atoms with Crippen LogP contribution in [-0.4, -0.2) is 32.0 Å². The van der Waals surface area contributed by atoms with Crippen LogP contribution < -0.4 is 14.8 Å². The van der Waals surface area contributed by atoms with E-state index >= 15 is 0 Å². The maximum atomic E-state index is 13.1. The summed E-state index contributed by atoms with van der Waals surface area (Å²) in [5, 5.41) is 12.1. The molecule has 1 N–H and O–H groups in total. The number of benzene rings is 3. The molecule has 6 heteroatoms. The van der Waals surface area contributed by atoms with Crippen molar-refractivity contribution in [2.45, 2.75) is 37.6 Å². The quantitative estimate of drug-likeness (QED) is 0.478. The minimum absolute atomic E-state index is 0.00862. The molecular weight excluding hydrogens is 440 g/mol. The van der Waals surface area contributed by atoms with Crippen LogP contribution in [0.25, 0.3) is 0 Å². The molecule has 0 aliphatic heterocycles. The Bertz CT molecular complexity index is 1240. The van der Waals surface area contributed by atoms with E-state index in [1.165, 1.54) is 0 Å². The monoisotopic (exact) mass is 468 g/mol. The van der Waals surface area contributed by atoms with E-state index in [2.05, 4.69) is 5.32 Å². The Balaban J connectivity index is 1.47. The van der Waals surface area contributed by atoms with Gasteiger partial charge in [0.25, 0.3) is 5.91 Å². The van der Waals surface area contributed by atoms with Gasteiger partial charge in [0.15, 0.2) is 17.3 Å². The van der Waals surface area contributed by atoms with Crippen molar-refractivity contribution in [3.63, 3.8) is 0 Å². The summed E-state index contributed by atoms with van der Waals surface area (Å²) in [5.74, 6) is 1.25. The third-order valence-corrected chi connectivity index (χ3v) is 6.60. The van der Waals surface area contributed by atoms with Crippen molar-refractivity contribution in [1.82, 2.24) is 5.32 Å². The number of hydrogen-bond donors (Lipinski definition) is 1. The second kappa shape index (κ2) is 10.9. The molecule has 35 heavy (non-hydrogen) atoms. The number of nitriles is 1. The molecule has 0 radical (unpaired) electrons. The fourth-order valence-electron chi connectivity index (χ4n) is 4.67. The summed E-state index contributed by atoms with van der Waals surface area (Å²) in [5.41, 5.74) is 3.13. The molecule has 0 heterocycles. The van der Waals surface area contributed by atoms with Crippen molar-refractivity contribution < 1.29 is 19.1 Å². The Morgan fingerprint density at radius 1 is 0.829 bits per heavy atom. The average Bonchev–Trinajstić information content (AvgIpc) is 2.92. The standard InChI is InChI=1S/C29H28N2O4/c1-34-26-16-15-23(17-27(26)35-2)24-5-3-4-6-25(24)31-29(33)22-13-11-21(12-14-22)28(32)20-9-7-19(18-30)8-10-20/h7-17,24-25H,3-6H2,1-2H3,(H,31,33). The van der Waals surface area contributed by atoms with Gasteiger partial charge in [-0.2, -0.15) is 5.26 Å². The molecule has 0 aromatic heterocycles. The highest BCUT2D eigenvalue weighted by Crippen LogP contribution is 2.37. The van der Waals surface area contributed by atoms with E-state index in [0.29, 0.717) is 33.8 Å². The number of carbonyl (C=O) groups is 2. The largest absolute Gasteiger partial charge is 0.493 e. The molecular formula is C29H28N2O4. The van der Waals surface area contributed by atoms with Gasteiger partial charge < -0.3 is 14.8 Å². The Morgan fingerprint density at radius 3 is 2.06 bits per heavy atom. The molecule has 1 aliphatic carbocycles. The number of ketones is 1. The first-order valence-corrected chi connectivity index (χ1v) is 11.7. The van der Waals surface area contributed by atoms with E-state index in [1.807, 2.05) is 24.3 Å². The lowest BCUT2D eigenvalue weighted by Crippen LogP contribution is -2.41. The number of carbonyl (C=O) groups excluding carboxylic acids is 2. The first-order chi connectivity index (χ1) is 17.0. The lowest BCUT2D eigenvalue weighted by Gasteiger charge is -2.33. The lowest BCUT2D eigenvalue weighted by molar-refractivity contribution is 0.0919. The first kappa shape index (κ1) is 24.0. The zero-order valence-corrected chi connectivity index (χ0v) is 19.9. The van der Waals surface area contributed by atoms with Crippen LogP contribution in [0.15, 0.2) is 66.7 Å². The summed E-state index contributed by atoms with van der Waals surface area (Å²) < 4.78 is 10.8. The molecule has 3 aromatic rings. The van der Waals surface area contributed by atoms with Crippen LogP contribution >= 0.6 is 0 Å². The fourth-order valence-corrected chi connectivity index (χ4v) is 4.67. The smallest absolute Gasteiger partial charge is 0.251 e. The maximum Gasteiger partial charge on any atom is 0.251 e. The first-order valence-electron chi connectivity index (χ1n) is 11.7. The second-order valence-corrected chi connectivity index (χ2v) is 8.68. The molecule has 178 valence electrons. The van der Waals surface area contributed by atoms with Gasteiger partial charge in [0.05, 0.1) is 25.9 Å². The molecule has 6 nitrogen and oxygen atoms in total. The van der Waals surface area contributed by atoms with Crippen LogP contribution in [0.2, 0.25) is 0 Å². The number of nitrogens with one attached hydrogen (secondary N) is 1. The van der Waals surface area contributed by atoms with Crippen molar-refractivity contribution in [1.29, 1.82) is 5.26 Å². The molecule has 4 rings (SSSR count). The third-order valence-electron chi connectivity index (χ3n) is 6.60. The average molecular weight is 469 g/mol. The molecule has 0 saturated heterocycles.